The maximum atomic E-state index is 12.3. The predicted molar refractivity (Wildman–Crippen MR) is 116 cm³/mol. The van der Waals surface area contributed by atoms with Crippen LogP contribution in [0, 0.1) is 0 Å². The number of ether oxygens (including phenoxy) is 1. The zero-order valence-corrected chi connectivity index (χ0v) is 18.4. The quantitative estimate of drug-likeness (QED) is 0.509. The number of nitrogens with zero attached hydrogens (tertiary/aromatic N) is 2. The summed E-state index contributed by atoms with van der Waals surface area (Å²) in [7, 11) is 0. The van der Waals surface area contributed by atoms with E-state index in [1.807, 2.05) is 31.2 Å². The Kier molecular flexibility index (Phi) is 7.34. The molecule has 2 aliphatic rings. The van der Waals surface area contributed by atoms with Crippen molar-refractivity contribution in [2.24, 2.45) is 0 Å². The molecular weight excluding hydrogens is 416 g/mol. The molecule has 174 valence electrons. The third-order valence-corrected chi connectivity index (χ3v) is 5.97. The fraction of sp³-hybridized carbons (Fsp3) is 0.545. The highest BCUT2D eigenvalue weighted by molar-refractivity contribution is 5.93. The van der Waals surface area contributed by atoms with E-state index in [0.29, 0.717) is 38.2 Å². The van der Waals surface area contributed by atoms with Gasteiger partial charge in [0.1, 0.15) is 12.5 Å². The van der Waals surface area contributed by atoms with Gasteiger partial charge in [0.25, 0.3) is 0 Å². The normalized spacial score (nSPS) is 20.1. The van der Waals surface area contributed by atoms with Gasteiger partial charge in [-0.25, -0.2) is 4.79 Å². The van der Waals surface area contributed by atoms with Crippen LogP contribution in [-0.4, -0.2) is 72.7 Å². The molecule has 2 aliphatic heterocycles. The summed E-state index contributed by atoms with van der Waals surface area (Å²) >= 11 is 0. The van der Waals surface area contributed by atoms with Crippen LogP contribution in [0.1, 0.15) is 38.7 Å². The van der Waals surface area contributed by atoms with Gasteiger partial charge < -0.3 is 25.4 Å². The van der Waals surface area contributed by atoms with Gasteiger partial charge in [-0.3, -0.25) is 19.3 Å². The summed E-state index contributed by atoms with van der Waals surface area (Å²) in [6.07, 6.45) is -0.00386. The zero-order chi connectivity index (χ0) is 23.3. The minimum absolute atomic E-state index is 0.173. The number of hydrogen-bond acceptors (Lipinski definition) is 6. The monoisotopic (exact) mass is 446 g/mol. The second kappa shape index (κ2) is 9.99. The van der Waals surface area contributed by atoms with Crippen molar-refractivity contribution in [3.63, 3.8) is 0 Å². The molecule has 0 aliphatic carbocycles. The number of amides is 3. The van der Waals surface area contributed by atoms with Crippen molar-refractivity contribution in [3.8, 4) is 0 Å². The molecule has 3 amide bonds. The number of likely N-dealkylation sites (tertiary alicyclic amines) is 1. The fourth-order valence-electron chi connectivity index (χ4n) is 4.34. The minimum atomic E-state index is -1.12. The van der Waals surface area contributed by atoms with Crippen LogP contribution in [0.5, 0.6) is 0 Å². The fourth-order valence-corrected chi connectivity index (χ4v) is 4.34. The lowest BCUT2D eigenvalue weighted by atomic mass is 9.80. The van der Waals surface area contributed by atoms with E-state index in [9.17, 15) is 19.2 Å². The van der Waals surface area contributed by atoms with Crippen molar-refractivity contribution in [1.29, 1.82) is 0 Å². The number of anilines is 1. The molecule has 0 radical (unpaired) electrons. The van der Waals surface area contributed by atoms with Crippen LogP contribution in [0.3, 0.4) is 0 Å². The predicted octanol–water partition coefficient (Wildman–Crippen LogP) is 1.05. The van der Waals surface area contributed by atoms with Gasteiger partial charge in [0.2, 0.25) is 11.8 Å². The van der Waals surface area contributed by atoms with E-state index in [2.05, 4.69) is 10.6 Å². The average molecular weight is 447 g/mol. The van der Waals surface area contributed by atoms with Crippen LogP contribution in [0.25, 0.3) is 0 Å². The lowest BCUT2D eigenvalue weighted by Crippen LogP contribution is -2.52. The van der Waals surface area contributed by atoms with Crippen LogP contribution < -0.4 is 15.5 Å². The van der Waals surface area contributed by atoms with Crippen LogP contribution in [-0.2, 0) is 24.7 Å². The number of cyclic esters (lactones) is 1. The molecule has 0 bridgehead atoms. The summed E-state index contributed by atoms with van der Waals surface area (Å²) in [6, 6.07) is 7.69. The third-order valence-electron chi connectivity index (χ3n) is 5.97. The second-order valence-corrected chi connectivity index (χ2v) is 8.16. The van der Waals surface area contributed by atoms with Gasteiger partial charge in [-0.05, 0) is 37.1 Å². The Labute approximate surface area is 186 Å². The number of carbonyl (C=O) groups is 4. The average Bonchev–Trinajstić information content (AvgIpc) is 3.13. The molecule has 10 heteroatoms. The number of carboxylic acid groups (broad SMARTS) is 1. The van der Waals surface area contributed by atoms with E-state index in [1.54, 1.807) is 9.80 Å². The maximum absolute atomic E-state index is 12.3. The van der Waals surface area contributed by atoms with Gasteiger partial charge in [-0.15, -0.1) is 0 Å². The summed E-state index contributed by atoms with van der Waals surface area (Å²) in [5, 5.41) is 15.1. The van der Waals surface area contributed by atoms with E-state index in [0.717, 1.165) is 12.1 Å². The lowest BCUT2D eigenvalue weighted by molar-refractivity contribution is -0.145. The molecule has 1 aromatic rings. The zero-order valence-electron chi connectivity index (χ0n) is 18.4. The summed E-state index contributed by atoms with van der Waals surface area (Å²) < 4.78 is 5.33. The number of benzene rings is 1. The van der Waals surface area contributed by atoms with Gasteiger partial charge in [-0.1, -0.05) is 19.1 Å². The smallest absolute Gasteiger partial charge is 0.414 e. The molecular formula is C22H30N4O6. The first-order valence-electron chi connectivity index (χ1n) is 10.8. The Morgan fingerprint density at radius 3 is 2.41 bits per heavy atom. The molecule has 1 unspecified atom stereocenters. The van der Waals surface area contributed by atoms with Crippen LogP contribution in [0.15, 0.2) is 24.3 Å². The number of carbonyl (C=O) groups excluding carboxylic acids is 3. The Bertz CT molecular complexity index is 864. The van der Waals surface area contributed by atoms with E-state index in [-0.39, 0.29) is 23.9 Å². The Morgan fingerprint density at radius 2 is 1.84 bits per heavy atom. The molecule has 2 fully saturated rings. The first kappa shape index (κ1) is 23.5. The number of piperidine rings is 1. The molecule has 3 rings (SSSR count). The molecule has 32 heavy (non-hydrogen) atoms. The van der Waals surface area contributed by atoms with Gasteiger partial charge in [0.05, 0.1) is 13.1 Å². The van der Waals surface area contributed by atoms with Crippen molar-refractivity contribution in [2.45, 2.75) is 44.8 Å². The van der Waals surface area contributed by atoms with Crippen molar-refractivity contribution in [1.82, 2.24) is 15.5 Å². The van der Waals surface area contributed by atoms with E-state index >= 15 is 0 Å². The Hall–Kier alpha value is -3.14. The molecule has 0 spiro atoms. The van der Waals surface area contributed by atoms with Crippen LogP contribution >= 0.6 is 0 Å². The standard InChI is InChI=1S/C22H30N4O6/c1-3-24-22(8-10-25(11-9-22)19(28)12-20(29)30)16-4-6-17(7-5-16)26-14-18(32-21(26)31)13-23-15(2)27/h4-7,18,24H,3,8-14H2,1-2H3,(H,23,27)(H,29,30). The molecule has 2 saturated heterocycles. The lowest BCUT2D eigenvalue weighted by Gasteiger charge is -2.43. The molecule has 0 aromatic heterocycles. The molecule has 1 aromatic carbocycles. The SMILES string of the molecule is CCNC1(c2ccc(N3CC(CNC(C)=O)OC3=O)cc2)CCN(C(=O)CC(=O)O)CC1. The Balaban J connectivity index is 1.68. The summed E-state index contributed by atoms with van der Waals surface area (Å²) in [5.74, 6) is -1.65. The van der Waals surface area contributed by atoms with Crippen molar-refractivity contribution < 1.29 is 29.0 Å². The van der Waals surface area contributed by atoms with E-state index in [1.165, 1.54) is 6.92 Å². The molecule has 3 N–H and O–H groups in total. The minimum Gasteiger partial charge on any atom is -0.481 e. The number of rotatable bonds is 8. The number of aliphatic carboxylic acids is 1. The largest absolute Gasteiger partial charge is 0.481 e. The van der Waals surface area contributed by atoms with Crippen LogP contribution in [0.4, 0.5) is 10.5 Å². The molecule has 10 nitrogen and oxygen atoms in total. The van der Waals surface area contributed by atoms with Crippen LogP contribution in [0.2, 0.25) is 0 Å². The highest BCUT2D eigenvalue weighted by Gasteiger charge is 2.38. The van der Waals surface area contributed by atoms with Crippen molar-refractivity contribution in [2.75, 3.05) is 37.6 Å². The van der Waals surface area contributed by atoms with Gasteiger partial charge in [-0.2, -0.15) is 0 Å². The third kappa shape index (κ3) is 5.37. The number of hydrogen-bond donors (Lipinski definition) is 3. The van der Waals surface area contributed by atoms with Gasteiger partial charge >= 0.3 is 12.1 Å². The molecule has 1 atom stereocenters. The number of carboxylic acids is 1. The van der Waals surface area contributed by atoms with Gasteiger partial charge in [0.15, 0.2) is 0 Å². The Morgan fingerprint density at radius 1 is 1.19 bits per heavy atom. The summed E-state index contributed by atoms with van der Waals surface area (Å²) in [4.78, 5) is 49.4. The number of nitrogens with one attached hydrogen (secondary N) is 2. The van der Waals surface area contributed by atoms with Gasteiger partial charge in [0, 0.05) is 31.2 Å². The molecule has 0 saturated carbocycles. The van der Waals surface area contributed by atoms with E-state index < -0.39 is 24.6 Å². The highest BCUT2D eigenvalue weighted by Crippen LogP contribution is 2.34. The maximum Gasteiger partial charge on any atom is 0.414 e. The first-order chi connectivity index (χ1) is 15.2. The highest BCUT2D eigenvalue weighted by atomic mass is 16.6. The van der Waals surface area contributed by atoms with Crippen molar-refractivity contribution >= 4 is 29.6 Å². The van der Waals surface area contributed by atoms with E-state index in [4.69, 9.17) is 9.84 Å². The summed E-state index contributed by atoms with van der Waals surface area (Å²) in [5.41, 5.74) is 1.44. The second-order valence-electron chi connectivity index (χ2n) is 8.16. The first-order valence-corrected chi connectivity index (χ1v) is 10.8. The topological polar surface area (TPSA) is 128 Å². The van der Waals surface area contributed by atoms with Crippen molar-refractivity contribution in [3.05, 3.63) is 29.8 Å². The molecule has 2 heterocycles. The summed E-state index contributed by atoms with van der Waals surface area (Å²) in [6.45, 7) is 5.77.